The van der Waals surface area contributed by atoms with Crippen molar-refractivity contribution in [1.29, 1.82) is 5.26 Å². The lowest BCUT2D eigenvalue weighted by Crippen LogP contribution is -2.25. The SMILES string of the molecule is COCCn1c(C)cc(/C=C(\C#N)C(=O)O[C@H](C)C(=O)c2ccc(OC)cc2)c1C. The molecular weight excluding hydrogens is 384 g/mol. The van der Waals surface area contributed by atoms with Crippen molar-refractivity contribution < 1.29 is 23.8 Å². The molecule has 0 saturated carbocycles. The van der Waals surface area contributed by atoms with Gasteiger partial charge in [0.05, 0.1) is 13.7 Å². The van der Waals surface area contributed by atoms with E-state index in [9.17, 15) is 14.9 Å². The highest BCUT2D eigenvalue weighted by atomic mass is 16.5. The van der Waals surface area contributed by atoms with E-state index < -0.39 is 12.1 Å². The number of carbonyl (C=O) groups is 2. The standard InChI is InChI=1S/C23H26N2O5/c1-15-12-19(16(2)25(15)10-11-28-4)13-20(14-24)23(27)30-17(3)22(26)18-6-8-21(29-5)9-7-18/h6-9,12-13,17H,10-11H2,1-5H3/b20-13+/t17-/m1/s1. The van der Waals surface area contributed by atoms with Gasteiger partial charge in [0.2, 0.25) is 5.78 Å². The molecule has 1 aromatic heterocycles. The topological polar surface area (TPSA) is 90.5 Å². The third kappa shape index (κ3) is 5.37. The maximum Gasteiger partial charge on any atom is 0.349 e. The quantitative estimate of drug-likeness (QED) is 0.272. The summed E-state index contributed by atoms with van der Waals surface area (Å²) in [4.78, 5) is 25.0. The smallest absolute Gasteiger partial charge is 0.349 e. The fourth-order valence-corrected chi connectivity index (χ4v) is 3.06. The Labute approximate surface area is 176 Å². The number of nitriles is 1. The van der Waals surface area contributed by atoms with E-state index in [1.165, 1.54) is 20.1 Å². The second-order valence-corrected chi connectivity index (χ2v) is 6.78. The van der Waals surface area contributed by atoms with E-state index in [0.717, 1.165) is 17.0 Å². The fraction of sp³-hybridized carbons (Fsp3) is 0.348. The van der Waals surface area contributed by atoms with Gasteiger partial charge in [0, 0.05) is 30.6 Å². The van der Waals surface area contributed by atoms with Gasteiger partial charge in [-0.15, -0.1) is 0 Å². The van der Waals surface area contributed by atoms with Gasteiger partial charge in [-0.05, 0) is 62.7 Å². The molecule has 0 N–H and O–H groups in total. The highest BCUT2D eigenvalue weighted by Gasteiger charge is 2.22. The van der Waals surface area contributed by atoms with Gasteiger partial charge < -0.3 is 18.8 Å². The van der Waals surface area contributed by atoms with Crippen molar-refractivity contribution in [3.05, 3.63) is 58.4 Å². The van der Waals surface area contributed by atoms with E-state index in [0.29, 0.717) is 24.5 Å². The monoisotopic (exact) mass is 410 g/mol. The van der Waals surface area contributed by atoms with Crippen LogP contribution in [0.4, 0.5) is 0 Å². The summed E-state index contributed by atoms with van der Waals surface area (Å²) in [5, 5.41) is 9.45. The van der Waals surface area contributed by atoms with Crippen LogP contribution in [0.1, 0.15) is 34.2 Å². The minimum absolute atomic E-state index is 0.170. The number of rotatable bonds is 9. The van der Waals surface area contributed by atoms with Gasteiger partial charge in [0.25, 0.3) is 0 Å². The molecule has 1 heterocycles. The number of ether oxygens (including phenoxy) is 3. The van der Waals surface area contributed by atoms with Crippen LogP contribution in [0, 0.1) is 25.2 Å². The third-order valence-electron chi connectivity index (χ3n) is 4.80. The Morgan fingerprint density at radius 2 is 1.87 bits per heavy atom. The van der Waals surface area contributed by atoms with Crippen LogP contribution >= 0.6 is 0 Å². The summed E-state index contributed by atoms with van der Waals surface area (Å²) in [5.74, 6) is -0.580. The Bertz CT molecular complexity index is 980. The summed E-state index contributed by atoms with van der Waals surface area (Å²) in [6, 6.07) is 10.3. The van der Waals surface area contributed by atoms with Gasteiger partial charge in [0.1, 0.15) is 17.4 Å². The van der Waals surface area contributed by atoms with Gasteiger partial charge in [0.15, 0.2) is 6.10 Å². The molecule has 0 amide bonds. The lowest BCUT2D eigenvalue weighted by Gasteiger charge is -2.12. The Morgan fingerprint density at radius 3 is 2.43 bits per heavy atom. The number of hydrogen-bond acceptors (Lipinski definition) is 6. The first-order chi connectivity index (χ1) is 14.3. The number of carbonyl (C=O) groups excluding carboxylic acids is 2. The number of ketones is 1. The average molecular weight is 410 g/mol. The van der Waals surface area contributed by atoms with Gasteiger partial charge in [-0.25, -0.2) is 4.79 Å². The van der Waals surface area contributed by atoms with Crippen LogP contribution in [0.25, 0.3) is 6.08 Å². The molecule has 0 radical (unpaired) electrons. The number of nitrogens with zero attached hydrogens (tertiary/aromatic N) is 2. The van der Waals surface area contributed by atoms with Crippen molar-refractivity contribution in [2.75, 3.05) is 20.8 Å². The van der Waals surface area contributed by atoms with E-state index in [2.05, 4.69) is 0 Å². The van der Waals surface area contributed by atoms with Crippen molar-refractivity contribution in [1.82, 2.24) is 4.57 Å². The third-order valence-corrected chi connectivity index (χ3v) is 4.80. The number of aromatic nitrogens is 1. The summed E-state index contributed by atoms with van der Waals surface area (Å²) < 4.78 is 17.5. The van der Waals surface area contributed by atoms with E-state index in [-0.39, 0.29) is 11.4 Å². The number of aryl methyl sites for hydroxylation is 1. The minimum atomic E-state index is -1.03. The molecule has 0 aliphatic rings. The molecule has 0 spiro atoms. The summed E-state index contributed by atoms with van der Waals surface area (Å²) >= 11 is 0. The van der Waals surface area contributed by atoms with E-state index in [1.54, 1.807) is 31.4 Å². The Balaban J connectivity index is 2.15. The van der Waals surface area contributed by atoms with Crippen LogP contribution in [0.5, 0.6) is 5.75 Å². The Morgan fingerprint density at radius 1 is 1.20 bits per heavy atom. The van der Waals surface area contributed by atoms with Crippen molar-refractivity contribution in [2.45, 2.75) is 33.4 Å². The number of esters is 1. The van der Waals surface area contributed by atoms with Gasteiger partial charge in [-0.3, -0.25) is 4.79 Å². The lowest BCUT2D eigenvalue weighted by molar-refractivity contribution is -0.141. The molecule has 2 aromatic rings. The second kappa shape index (κ2) is 10.4. The maximum atomic E-state index is 12.5. The maximum absolute atomic E-state index is 12.5. The highest BCUT2D eigenvalue weighted by Crippen LogP contribution is 2.19. The van der Waals surface area contributed by atoms with Crippen molar-refractivity contribution in [3.63, 3.8) is 0 Å². The van der Waals surface area contributed by atoms with Gasteiger partial charge in [-0.1, -0.05) is 0 Å². The molecule has 30 heavy (non-hydrogen) atoms. The Kier molecular flexibility index (Phi) is 7.96. The van der Waals surface area contributed by atoms with Crippen molar-refractivity contribution in [2.24, 2.45) is 0 Å². The first-order valence-electron chi connectivity index (χ1n) is 9.49. The molecule has 2 rings (SSSR count). The Hall–Kier alpha value is -3.37. The van der Waals surface area contributed by atoms with Crippen LogP contribution in [0.15, 0.2) is 35.9 Å². The molecule has 0 fully saturated rings. The summed E-state index contributed by atoms with van der Waals surface area (Å²) in [6.07, 6.45) is 0.454. The largest absolute Gasteiger partial charge is 0.497 e. The molecule has 0 unspecified atom stereocenters. The first-order valence-corrected chi connectivity index (χ1v) is 9.49. The van der Waals surface area contributed by atoms with Crippen LogP contribution in [0.2, 0.25) is 0 Å². The average Bonchev–Trinajstić information content (AvgIpc) is 3.02. The van der Waals surface area contributed by atoms with Crippen molar-refractivity contribution in [3.8, 4) is 11.8 Å². The van der Waals surface area contributed by atoms with E-state index in [4.69, 9.17) is 14.2 Å². The van der Waals surface area contributed by atoms with Crippen molar-refractivity contribution >= 4 is 17.8 Å². The fourth-order valence-electron chi connectivity index (χ4n) is 3.06. The van der Waals surface area contributed by atoms with Gasteiger partial charge >= 0.3 is 5.97 Å². The predicted octanol–water partition coefficient (Wildman–Crippen LogP) is 3.48. The van der Waals surface area contributed by atoms with Crippen LogP contribution in [-0.2, 0) is 20.8 Å². The molecule has 0 aliphatic carbocycles. The molecule has 0 bridgehead atoms. The zero-order valence-corrected chi connectivity index (χ0v) is 17.9. The van der Waals surface area contributed by atoms with Crippen LogP contribution in [0.3, 0.4) is 0 Å². The number of hydrogen-bond donors (Lipinski definition) is 0. The number of benzene rings is 1. The predicted molar refractivity (Wildman–Crippen MR) is 112 cm³/mol. The molecule has 1 aromatic carbocycles. The molecule has 0 saturated heterocycles. The molecule has 7 nitrogen and oxygen atoms in total. The summed E-state index contributed by atoms with van der Waals surface area (Å²) in [7, 11) is 3.17. The lowest BCUT2D eigenvalue weighted by atomic mass is 10.1. The minimum Gasteiger partial charge on any atom is -0.497 e. The summed E-state index contributed by atoms with van der Waals surface area (Å²) in [5.41, 5.74) is 2.86. The highest BCUT2D eigenvalue weighted by molar-refractivity contribution is 6.03. The molecule has 1 atom stereocenters. The van der Waals surface area contributed by atoms with E-state index >= 15 is 0 Å². The normalized spacial score (nSPS) is 12.2. The first kappa shape index (κ1) is 22.9. The zero-order chi connectivity index (χ0) is 22.3. The number of methoxy groups -OCH3 is 2. The zero-order valence-electron chi connectivity index (χ0n) is 17.9. The summed E-state index contributed by atoms with van der Waals surface area (Å²) in [6.45, 7) is 6.56. The molecule has 158 valence electrons. The molecule has 0 aliphatic heterocycles. The van der Waals surface area contributed by atoms with E-state index in [1.807, 2.05) is 30.6 Å². The van der Waals surface area contributed by atoms with Crippen LogP contribution < -0.4 is 4.74 Å². The second-order valence-electron chi connectivity index (χ2n) is 6.78. The van der Waals surface area contributed by atoms with Crippen LogP contribution in [-0.4, -0.2) is 43.3 Å². The molecule has 7 heteroatoms. The number of Topliss-reactive ketones (excluding diaryl/α,β-unsaturated/α-hetero) is 1. The molecular formula is C23H26N2O5. The van der Waals surface area contributed by atoms with Gasteiger partial charge in [-0.2, -0.15) is 5.26 Å².